The summed E-state index contributed by atoms with van der Waals surface area (Å²) in [7, 11) is -0.198. The molecule has 12 nitrogen and oxygen atoms in total. The van der Waals surface area contributed by atoms with E-state index in [1.165, 1.54) is 33.3 Å². The number of nitro benzene ring substituents is 1. The third-order valence-electron chi connectivity index (χ3n) is 6.73. The fraction of sp³-hybridized carbons (Fsp3) is 0.333. The molecule has 0 N–H and O–H groups in total. The van der Waals surface area contributed by atoms with E-state index in [-0.39, 0.29) is 25.1 Å². The van der Waals surface area contributed by atoms with Crippen molar-refractivity contribution in [1.82, 2.24) is 4.57 Å². The van der Waals surface area contributed by atoms with Gasteiger partial charge in [0, 0.05) is 64.6 Å². The number of hydrogen-bond donors (Lipinski definition) is 0. The average molecular weight is 612 g/mol. The molecule has 13 heteroatoms. The summed E-state index contributed by atoms with van der Waals surface area (Å²) in [4.78, 5) is 28.0. The maximum absolute atomic E-state index is 13.0. The third kappa shape index (κ3) is 7.05. The summed E-state index contributed by atoms with van der Waals surface area (Å²) in [5.74, 6) is 0.405. The van der Waals surface area contributed by atoms with Crippen molar-refractivity contribution in [2.75, 3.05) is 33.6 Å². The van der Waals surface area contributed by atoms with Crippen LogP contribution in [-0.2, 0) is 29.8 Å². The summed E-state index contributed by atoms with van der Waals surface area (Å²) in [5.41, 5.74) is 2.95. The Balaban J connectivity index is 1.86. The van der Waals surface area contributed by atoms with E-state index in [9.17, 15) is 19.5 Å². The molecule has 4 aromatic rings. The van der Waals surface area contributed by atoms with Gasteiger partial charge in [0.1, 0.15) is 17.2 Å². The summed E-state index contributed by atoms with van der Waals surface area (Å²) in [5, 5.41) is 17.2. The molecule has 0 amide bonds. The van der Waals surface area contributed by atoms with Crippen LogP contribution in [0.1, 0.15) is 38.3 Å². The highest BCUT2D eigenvalue weighted by Gasteiger charge is 2.24. The maximum atomic E-state index is 13.0. The number of benzene rings is 3. The van der Waals surface area contributed by atoms with Crippen molar-refractivity contribution in [3.8, 4) is 11.5 Å². The van der Waals surface area contributed by atoms with Gasteiger partial charge in [-0.15, -0.1) is 0 Å². The fourth-order valence-corrected chi connectivity index (χ4v) is 6.59. The largest absolute Gasteiger partial charge is 0.497 e. The van der Waals surface area contributed by atoms with E-state index in [1.54, 1.807) is 38.1 Å². The summed E-state index contributed by atoms with van der Waals surface area (Å²) in [6.45, 7) is 5.79. The second-order valence-corrected chi connectivity index (χ2v) is 11.6. The highest BCUT2D eigenvalue weighted by molar-refractivity contribution is 7.53. The van der Waals surface area contributed by atoms with Crippen molar-refractivity contribution in [1.29, 1.82) is 0 Å². The number of nitro groups is 1. The zero-order valence-electron chi connectivity index (χ0n) is 24.7. The van der Waals surface area contributed by atoms with Crippen LogP contribution in [0.3, 0.4) is 0 Å². The lowest BCUT2D eigenvalue weighted by atomic mass is 9.99. The molecule has 0 unspecified atom stereocenters. The quantitative estimate of drug-likeness (QED) is 0.0501. The zero-order chi connectivity index (χ0) is 31.1. The van der Waals surface area contributed by atoms with Crippen LogP contribution in [0.5, 0.6) is 11.5 Å². The van der Waals surface area contributed by atoms with E-state index < -0.39 is 18.5 Å². The number of ether oxygens (including phenoxy) is 2. The number of aromatic nitrogens is 1. The van der Waals surface area contributed by atoms with Gasteiger partial charge in [0.25, 0.3) is 5.69 Å². The number of oxime groups is 1. The lowest BCUT2D eigenvalue weighted by Gasteiger charge is -2.17. The predicted molar refractivity (Wildman–Crippen MR) is 163 cm³/mol. The van der Waals surface area contributed by atoms with Gasteiger partial charge in [-0.05, 0) is 50.6 Å². The van der Waals surface area contributed by atoms with E-state index in [2.05, 4.69) is 5.16 Å². The Morgan fingerprint density at radius 2 is 1.63 bits per heavy atom. The lowest BCUT2D eigenvalue weighted by Crippen LogP contribution is -2.08. The molecular weight excluding hydrogens is 577 g/mol. The molecule has 0 aliphatic heterocycles. The Morgan fingerprint density at radius 1 is 0.953 bits per heavy atom. The number of nitrogens with zero attached hydrogens (tertiary/aromatic N) is 3. The Morgan fingerprint density at radius 3 is 2.23 bits per heavy atom. The van der Waals surface area contributed by atoms with Crippen LogP contribution >= 0.6 is 7.60 Å². The standard InChI is InChI=1S/C30H34N3O9P/c1-6-40-43(37,41-7-2)16-8-15-32-27-13-9-21(17-25(27)26-18-22(33(35)36)10-14-28(26)32)30(31-42-20(3)34)24-12-11-23(38-4)19-29(24)39-5/h9-14,17-19H,6-8,15-16H2,1-5H3/b31-30-. The van der Waals surface area contributed by atoms with Gasteiger partial charge in [-0.1, -0.05) is 11.2 Å². The number of carbonyl (C=O) groups is 1. The summed E-state index contributed by atoms with van der Waals surface area (Å²) in [6, 6.07) is 15.4. The minimum absolute atomic E-state index is 0.0558. The number of rotatable bonds is 14. The normalized spacial score (nSPS) is 12.1. The average Bonchev–Trinajstić information content (AvgIpc) is 3.29. The molecule has 0 atom stereocenters. The SMILES string of the molecule is CCOP(=O)(CCCn1c2ccc(/C(=N/OC(C)=O)c3ccc(OC)cc3OC)cc2c2cc([N+](=O)[O-])ccc21)OCC. The van der Waals surface area contributed by atoms with Gasteiger partial charge < -0.3 is 27.9 Å². The van der Waals surface area contributed by atoms with E-state index >= 15 is 0 Å². The monoisotopic (exact) mass is 611 g/mol. The van der Waals surface area contributed by atoms with Crippen LogP contribution in [-0.4, -0.2) is 54.8 Å². The first-order valence-corrected chi connectivity index (χ1v) is 15.4. The molecule has 0 aliphatic carbocycles. The highest BCUT2D eigenvalue weighted by atomic mass is 31.2. The van der Waals surface area contributed by atoms with Gasteiger partial charge in [0.15, 0.2) is 0 Å². The van der Waals surface area contributed by atoms with Crippen LogP contribution in [0, 0.1) is 10.1 Å². The van der Waals surface area contributed by atoms with E-state index in [1.807, 2.05) is 22.8 Å². The van der Waals surface area contributed by atoms with Crippen molar-refractivity contribution in [2.24, 2.45) is 5.16 Å². The van der Waals surface area contributed by atoms with Crippen LogP contribution in [0.2, 0.25) is 0 Å². The minimum atomic E-state index is -3.24. The molecule has 0 bridgehead atoms. The molecule has 1 aromatic heterocycles. The van der Waals surface area contributed by atoms with E-state index in [4.69, 9.17) is 23.4 Å². The van der Waals surface area contributed by atoms with E-state index in [0.717, 1.165) is 16.4 Å². The number of non-ortho nitro benzene ring substituents is 1. The first-order valence-electron chi connectivity index (χ1n) is 13.7. The molecule has 0 saturated carbocycles. The zero-order valence-corrected chi connectivity index (χ0v) is 25.6. The van der Waals surface area contributed by atoms with Crippen LogP contribution in [0.25, 0.3) is 21.8 Å². The molecule has 0 fully saturated rings. The smallest absolute Gasteiger partial charge is 0.332 e. The van der Waals surface area contributed by atoms with Crippen molar-refractivity contribution >= 4 is 46.8 Å². The van der Waals surface area contributed by atoms with Crippen molar-refractivity contribution in [3.63, 3.8) is 0 Å². The molecule has 0 aliphatic rings. The summed E-state index contributed by atoms with van der Waals surface area (Å²) >= 11 is 0. The van der Waals surface area contributed by atoms with Gasteiger partial charge in [0.05, 0.1) is 38.5 Å². The second-order valence-electron chi connectivity index (χ2n) is 9.45. The number of methoxy groups -OCH3 is 2. The van der Waals surface area contributed by atoms with Crippen molar-refractivity contribution in [3.05, 3.63) is 75.8 Å². The van der Waals surface area contributed by atoms with Gasteiger partial charge in [-0.2, -0.15) is 0 Å². The molecule has 0 saturated heterocycles. The molecule has 43 heavy (non-hydrogen) atoms. The topological polar surface area (TPSA) is 141 Å². The van der Waals surface area contributed by atoms with Crippen LogP contribution in [0.4, 0.5) is 5.69 Å². The van der Waals surface area contributed by atoms with Gasteiger partial charge in [-0.25, -0.2) is 4.79 Å². The fourth-order valence-electron chi connectivity index (χ4n) is 4.94. The molecule has 4 rings (SSSR count). The maximum Gasteiger partial charge on any atom is 0.332 e. The van der Waals surface area contributed by atoms with E-state index in [0.29, 0.717) is 46.7 Å². The summed E-state index contributed by atoms with van der Waals surface area (Å²) < 4.78 is 36.9. The lowest BCUT2D eigenvalue weighted by molar-refractivity contribution is -0.384. The third-order valence-corrected chi connectivity index (χ3v) is 8.89. The number of hydrogen-bond acceptors (Lipinski definition) is 10. The minimum Gasteiger partial charge on any atom is -0.497 e. The van der Waals surface area contributed by atoms with Crippen molar-refractivity contribution in [2.45, 2.75) is 33.7 Å². The number of carbonyl (C=O) groups excluding carboxylic acids is 1. The molecule has 228 valence electrons. The number of fused-ring (bicyclic) bond motifs is 3. The van der Waals surface area contributed by atoms with Crippen LogP contribution in [0.15, 0.2) is 59.8 Å². The van der Waals surface area contributed by atoms with Gasteiger partial charge in [0.2, 0.25) is 0 Å². The Bertz CT molecular complexity index is 1720. The summed E-state index contributed by atoms with van der Waals surface area (Å²) in [6.07, 6.45) is 0.703. The molecule has 1 heterocycles. The Hall–Kier alpha value is -4.25. The first-order chi connectivity index (χ1) is 20.6. The molecule has 0 radical (unpaired) electrons. The Kier molecular flexibility index (Phi) is 10.2. The molecule has 3 aromatic carbocycles. The predicted octanol–water partition coefficient (Wildman–Crippen LogP) is 6.69. The second kappa shape index (κ2) is 13.8. The van der Waals surface area contributed by atoms with Gasteiger partial charge >= 0.3 is 13.6 Å². The molecular formula is C30H34N3O9P. The first kappa shape index (κ1) is 31.7. The van der Waals surface area contributed by atoms with Crippen molar-refractivity contribution < 1.29 is 37.6 Å². The molecule has 0 spiro atoms. The number of aryl methyl sites for hydroxylation is 1. The Labute approximate surface area is 248 Å². The van der Waals surface area contributed by atoms with Crippen LogP contribution < -0.4 is 9.47 Å². The highest BCUT2D eigenvalue weighted by Crippen LogP contribution is 2.48. The van der Waals surface area contributed by atoms with Gasteiger partial charge in [-0.3, -0.25) is 14.7 Å².